The number of aliphatic hydroxyl groups excluding tert-OH is 2. The third-order valence-corrected chi connectivity index (χ3v) is 5.94. The summed E-state index contributed by atoms with van der Waals surface area (Å²) < 4.78 is 11.4. The monoisotopic (exact) mass is 411 g/mol. The van der Waals surface area contributed by atoms with E-state index in [0.29, 0.717) is 32.1 Å². The van der Waals surface area contributed by atoms with Gasteiger partial charge in [-0.05, 0) is 38.0 Å². The number of rotatable bonds is 9. The van der Waals surface area contributed by atoms with Crippen LogP contribution in [0.2, 0.25) is 0 Å². The summed E-state index contributed by atoms with van der Waals surface area (Å²) in [5.74, 6) is -0.0604. The van der Waals surface area contributed by atoms with Crippen LogP contribution < -0.4 is 5.73 Å². The van der Waals surface area contributed by atoms with Gasteiger partial charge in [0, 0.05) is 25.5 Å². The van der Waals surface area contributed by atoms with Gasteiger partial charge in [-0.2, -0.15) is 0 Å². The van der Waals surface area contributed by atoms with Gasteiger partial charge < -0.3 is 15.9 Å². The Morgan fingerprint density at radius 3 is 2.76 bits per heavy atom. The van der Waals surface area contributed by atoms with Crippen LogP contribution in [0.15, 0.2) is 12.2 Å². The van der Waals surface area contributed by atoms with Gasteiger partial charge in [0.1, 0.15) is 27.0 Å². The predicted octanol–water partition coefficient (Wildman–Crippen LogP) is 1.69. The van der Waals surface area contributed by atoms with Crippen LogP contribution in [0.5, 0.6) is 0 Å². The number of ketones is 1. The molecular formula is C15H26INO4. The molecule has 0 saturated heterocycles. The molecule has 4 N–H and O–H groups in total. The minimum absolute atomic E-state index is 0.0101. The van der Waals surface area contributed by atoms with E-state index in [1.165, 1.54) is 0 Å². The van der Waals surface area contributed by atoms with E-state index in [1.54, 1.807) is 0 Å². The fraction of sp³-hybridized carbons (Fsp3) is 0.800. The fourth-order valence-electron chi connectivity index (χ4n) is 2.82. The molecule has 21 heavy (non-hydrogen) atoms. The average Bonchev–Trinajstić information content (AvgIpc) is 2.73. The Hall–Kier alpha value is -0.180. The molecule has 6 heteroatoms. The van der Waals surface area contributed by atoms with Crippen LogP contribution in [-0.4, -0.2) is 38.7 Å². The summed E-state index contributed by atoms with van der Waals surface area (Å²) >= 11 is -1.21. The molecule has 3 unspecified atom stereocenters. The molecule has 1 aliphatic carbocycles. The second-order valence-electron chi connectivity index (χ2n) is 5.82. The highest BCUT2D eigenvalue weighted by Crippen LogP contribution is 2.42. The summed E-state index contributed by atoms with van der Waals surface area (Å²) in [5.41, 5.74) is 5.71. The number of halogens is 1. The summed E-state index contributed by atoms with van der Waals surface area (Å²) in [6.07, 6.45) is 5.81. The lowest BCUT2D eigenvalue weighted by atomic mass is 9.88. The van der Waals surface area contributed by atoms with E-state index in [9.17, 15) is 13.0 Å². The molecule has 0 spiro atoms. The zero-order valence-corrected chi connectivity index (χ0v) is 14.6. The molecule has 5 nitrogen and oxygen atoms in total. The van der Waals surface area contributed by atoms with Crippen molar-refractivity contribution in [3.05, 3.63) is 12.2 Å². The van der Waals surface area contributed by atoms with Gasteiger partial charge in [0.15, 0.2) is 0 Å². The Balaban J connectivity index is 2.66. The molecule has 122 valence electrons. The first kappa shape index (κ1) is 18.9. The lowest BCUT2D eigenvalue weighted by Gasteiger charge is -2.20. The topological polar surface area (TPSA) is 101 Å². The Morgan fingerprint density at radius 2 is 2.19 bits per heavy atom. The van der Waals surface area contributed by atoms with Crippen LogP contribution in [0, 0.1) is 11.8 Å². The van der Waals surface area contributed by atoms with Crippen molar-refractivity contribution in [3.8, 4) is 0 Å². The SMILES string of the molecule is CC(N)/C=C/C1C(CC(=O)CCCCO)[C@@H](O)C[C@H]1I=O. The highest BCUT2D eigenvalue weighted by Gasteiger charge is 2.42. The van der Waals surface area contributed by atoms with Crippen molar-refractivity contribution in [1.29, 1.82) is 0 Å². The van der Waals surface area contributed by atoms with Gasteiger partial charge in [0.25, 0.3) is 0 Å². The van der Waals surface area contributed by atoms with Crippen molar-refractivity contribution >= 4 is 27.0 Å². The lowest BCUT2D eigenvalue weighted by molar-refractivity contribution is -0.121. The third kappa shape index (κ3) is 6.22. The molecular weight excluding hydrogens is 385 g/mol. The van der Waals surface area contributed by atoms with Crippen LogP contribution in [-0.2, 0) is 7.86 Å². The smallest absolute Gasteiger partial charge is 0.148 e. The van der Waals surface area contributed by atoms with Gasteiger partial charge in [-0.15, -0.1) is 0 Å². The van der Waals surface area contributed by atoms with Crippen LogP contribution in [0.1, 0.15) is 39.0 Å². The number of carbonyl (C=O) groups excluding carboxylic acids is 1. The Labute approximate surface area is 136 Å². The minimum Gasteiger partial charge on any atom is -0.396 e. The molecule has 0 aromatic rings. The van der Waals surface area contributed by atoms with Crippen LogP contribution in [0.4, 0.5) is 0 Å². The fourth-order valence-corrected chi connectivity index (χ4v) is 4.66. The largest absolute Gasteiger partial charge is 0.396 e. The quantitative estimate of drug-likeness (QED) is 0.232. The van der Waals surface area contributed by atoms with Crippen LogP contribution in [0.25, 0.3) is 0 Å². The number of aliphatic hydroxyl groups is 2. The van der Waals surface area contributed by atoms with Crippen molar-refractivity contribution in [1.82, 2.24) is 0 Å². The van der Waals surface area contributed by atoms with Crippen LogP contribution in [0.3, 0.4) is 0 Å². The highest BCUT2D eigenvalue weighted by molar-refractivity contribution is 14.1. The molecule has 1 saturated carbocycles. The Morgan fingerprint density at radius 1 is 1.48 bits per heavy atom. The van der Waals surface area contributed by atoms with E-state index < -0.39 is 27.3 Å². The lowest BCUT2D eigenvalue weighted by Crippen LogP contribution is -2.23. The number of hydrogen-bond donors (Lipinski definition) is 3. The Bertz CT molecular complexity index is 373. The molecule has 0 heterocycles. The molecule has 1 aliphatic rings. The third-order valence-electron chi connectivity index (χ3n) is 3.95. The van der Waals surface area contributed by atoms with Gasteiger partial charge in [0.05, 0.1) is 10.0 Å². The number of allylic oxidation sites excluding steroid dienone is 1. The van der Waals surface area contributed by atoms with Crippen molar-refractivity contribution in [3.63, 3.8) is 0 Å². The molecule has 0 aromatic carbocycles. The zero-order valence-electron chi connectivity index (χ0n) is 12.5. The van der Waals surface area contributed by atoms with E-state index in [0.717, 1.165) is 0 Å². The van der Waals surface area contributed by atoms with E-state index in [1.807, 2.05) is 19.1 Å². The number of hydrogen-bond acceptors (Lipinski definition) is 5. The van der Waals surface area contributed by atoms with Gasteiger partial charge in [-0.25, -0.2) is 0 Å². The zero-order chi connectivity index (χ0) is 15.8. The molecule has 1 fully saturated rings. The summed E-state index contributed by atoms with van der Waals surface area (Å²) in [6, 6.07) is -0.0887. The first-order chi connectivity index (χ1) is 9.99. The standard InChI is InChI=1S/C15H26INO4/c1-10(17)5-6-12-13(15(20)9-14(12)16-21)8-11(19)4-2-3-7-18/h5-6,10,12-15,18,20H,2-4,7-9,17H2,1H3/b6-5+/t10?,12?,13?,14-,15+/m1/s1. The van der Waals surface area contributed by atoms with Crippen molar-refractivity contribution in [2.75, 3.05) is 6.61 Å². The highest BCUT2D eigenvalue weighted by atomic mass is 127. The Kier molecular flexibility index (Phi) is 8.77. The summed E-state index contributed by atoms with van der Waals surface area (Å²) in [7, 11) is 0. The first-order valence-electron chi connectivity index (χ1n) is 7.49. The van der Waals surface area contributed by atoms with E-state index >= 15 is 0 Å². The molecule has 0 aromatic heterocycles. The predicted molar refractivity (Wildman–Crippen MR) is 89.4 cm³/mol. The van der Waals surface area contributed by atoms with E-state index in [4.69, 9.17) is 10.8 Å². The molecule has 0 bridgehead atoms. The van der Waals surface area contributed by atoms with Crippen molar-refractivity contribution < 1.29 is 18.1 Å². The maximum Gasteiger partial charge on any atom is 0.148 e. The van der Waals surface area contributed by atoms with Gasteiger partial charge in [0.2, 0.25) is 0 Å². The summed E-state index contributed by atoms with van der Waals surface area (Å²) in [4.78, 5) is 12.0. The summed E-state index contributed by atoms with van der Waals surface area (Å²) in [5, 5.41) is 18.9. The minimum atomic E-state index is -1.21. The maximum atomic E-state index is 12.0. The second-order valence-corrected chi connectivity index (χ2v) is 7.93. The number of alkyl halides is 1. The number of nitrogens with two attached hydrogens (primary N) is 1. The maximum absolute atomic E-state index is 12.0. The van der Waals surface area contributed by atoms with Gasteiger partial charge in [-0.3, -0.25) is 7.86 Å². The van der Waals surface area contributed by atoms with Crippen molar-refractivity contribution in [2.45, 2.75) is 55.1 Å². The normalized spacial score (nSPS) is 30.9. The van der Waals surface area contributed by atoms with E-state index in [-0.39, 0.29) is 34.2 Å². The number of unbranched alkanes of at least 4 members (excludes halogenated alkanes) is 1. The summed E-state index contributed by atoms with van der Waals surface area (Å²) in [6.45, 7) is 1.96. The average molecular weight is 411 g/mol. The van der Waals surface area contributed by atoms with Gasteiger partial charge in [-0.1, -0.05) is 12.2 Å². The first-order valence-corrected chi connectivity index (χ1v) is 9.62. The van der Waals surface area contributed by atoms with E-state index in [2.05, 4.69) is 0 Å². The molecule has 0 amide bonds. The molecule has 5 atom stereocenters. The molecule has 0 aliphatic heterocycles. The van der Waals surface area contributed by atoms with Crippen molar-refractivity contribution in [2.24, 2.45) is 17.6 Å². The number of carbonyl (C=O) groups is 1. The van der Waals surface area contributed by atoms with Gasteiger partial charge >= 0.3 is 0 Å². The molecule has 0 radical (unpaired) electrons. The number of Topliss-reactive ketones (excluding diaryl/α,β-unsaturated/α-hetero) is 1. The van der Waals surface area contributed by atoms with Crippen LogP contribution >= 0.6 is 21.2 Å². The second kappa shape index (κ2) is 9.76. The molecule has 1 rings (SSSR count).